The van der Waals surface area contributed by atoms with Gasteiger partial charge in [0, 0.05) is 25.6 Å². The van der Waals surface area contributed by atoms with Gasteiger partial charge in [-0.05, 0) is 35.0 Å². The highest BCUT2D eigenvalue weighted by atomic mass is 32.1. The van der Waals surface area contributed by atoms with Crippen LogP contribution in [0.1, 0.15) is 9.75 Å². The van der Waals surface area contributed by atoms with Crippen LogP contribution in [0.15, 0.2) is 60.7 Å². The van der Waals surface area contributed by atoms with Gasteiger partial charge >= 0.3 is 0 Å². The summed E-state index contributed by atoms with van der Waals surface area (Å²) in [6.45, 7) is 0. The Morgan fingerprint density at radius 1 is 0.632 bits per heavy atom. The average molecular weight is 280 g/mol. The smallest absolute Gasteiger partial charge is 0.0345 e. The van der Waals surface area contributed by atoms with Gasteiger partial charge in [-0.3, -0.25) is 0 Å². The highest BCUT2D eigenvalue weighted by Gasteiger charge is 2.05. The van der Waals surface area contributed by atoms with Gasteiger partial charge in [0.25, 0.3) is 0 Å². The van der Waals surface area contributed by atoms with Crippen LogP contribution in [0.4, 0.5) is 0 Å². The van der Waals surface area contributed by atoms with E-state index < -0.39 is 0 Å². The molecule has 0 atom stereocenters. The minimum Gasteiger partial charge on any atom is -0.140 e. The molecule has 0 saturated heterocycles. The van der Waals surface area contributed by atoms with Crippen molar-refractivity contribution in [2.24, 2.45) is 0 Å². The maximum absolute atomic E-state index is 2.32. The summed E-state index contributed by atoms with van der Waals surface area (Å²) in [5.74, 6) is 0. The van der Waals surface area contributed by atoms with Crippen LogP contribution >= 0.6 is 22.7 Å². The van der Waals surface area contributed by atoms with Crippen LogP contribution in [0.5, 0.6) is 0 Å². The Bertz CT molecular complexity index is 714. The molecule has 0 N–H and O–H groups in total. The van der Waals surface area contributed by atoms with E-state index in [1.807, 2.05) is 22.7 Å². The standard InChI is InChI=1S/C17H12S2/c1-3-7-16-12(5-1)9-14(18-16)11-15-10-13-6-2-4-8-17(13)19-15/h1-10H,11H2. The first kappa shape index (κ1) is 11.2. The van der Waals surface area contributed by atoms with Crippen LogP contribution in [0.2, 0.25) is 0 Å². The van der Waals surface area contributed by atoms with E-state index in [0.29, 0.717) is 0 Å². The zero-order valence-electron chi connectivity index (χ0n) is 10.3. The lowest BCUT2D eigenvalue weighted by Gasteiger charge is -1.90. The van der Waals surface area contributed by atoms with E-state index in [-0.39, 0.29) is 0 Å². The van der Waals surface area contributed by atoms with Crippen LogP contribution in [0, 0.1) is 0 Å². The van der Waals surface area contributed by atoms with Crippen molar-refractivity contribution in [3.8, 4) is 0 Å². The average Bonchev–Trinajstić information content (AvgIpc) is 3.00. The van der Waals surface area contributed by atoms with Gasteiger partial charge in [0.15, 0.2) is 0 Å². The third-order valence-corrected chi connectivity index (χ3v) is 5.53. The molecule has 19 heavy (non-hydrogen) atoms. The van der Waals surface area contributed by atoms with Crippen molar-refractivity contribution in [3.63, 3.8) is 0 Å². The minimum atomic E-state index is 1.05. The third-order valence-electron chi connectivity index (χ3n) is 3.30. The molecule has 2 aromatic heterocycles. The number of thiophene rings is 2. The van der Waals surface area contributed by atoms with Gasteiger partial charge in [-0.25, -0.2) is 0 Å². The Kier molecular flexibility index (Phi) is 2.64. The molecule has 0 bridgehead atoms. The Morgan fingerprint density at radius 3 is 1.58 bits per heavy atom. The van der Waals surface area contributed by atoms with Gasteiger partial charge in [0.1, 0.15) is 0 Å². The fourth-order valence-corrected chi connectivity index (χ4v) is 4.69. The van der Waals surface area contributed by atoms with E-state index in [4.69, 9.17) is 0 Å². The normalized spacial score (nSPS) is 11.4. The summed E-state index contributed by atoms with van der Waals surface area (Å²) in [7, 11) is 0. The molecule has 0 unspecified atom stereocenters. The highest BCUT2D eigenvalue weighted by molar-refractivity contribution is 7.20. The van der Waals surface area contributed by atoms with Crippen molar-refractivity contribution in [3.05, 3.63) is 70.4 Å². The summed E-state index contributed by atoms with van der Waals surface area (Å²) >= 11 is 3.82. The molecule has 0 amide bonds. The molecule has 2 heterocycles. The van der Waals surface area contributed by atoms with Crippen LogP contribution < -0.4 is 0 Å². The Balaban J connectivity index is 1.73. The van der Waals surface area contributed by atoms with Crippen LogP contribution in [-0.2, 0) is 6.42 Å². The van der Waals surface area contributed by atoms with E-state index in [2.05, 4.69) is 60.7 Å². The first-order valence-corrected chi connectivity index (χ1v) is 7.97. The highest BCUT2D eigenvalue weighted by Crippen LogP contribution is 2.31. The lowest BCUT2D eigenvalue weighted by Crippen LogP contribution is -1.76. The van der Waals surface area contributed by atoms with Crippen molar-refractivity contribution < 1.29 is 0 Å². The molecule has 0 radical (unpaired) electrons. The summed E-state index contributed by atoms with van der Waals surface area (Å²) in [6, 6.07) is 21.9. The molecule has 0 nitrogen and oxygen atoms in total. The lowest BCUT2D eigenvalue weighted by molar-refractivity contribution is 1.31. The van der Waals surface area contributed by atoms with Gasteiger partial charge in [-0.15, -0.1) is 22.7 Å². The number of fused-ring (bicyclic) bond motifs is 2. The van der Waals surface area contributed by atoms with Crippen molar-refractivity contribution in [1.82, 2.24) is 0 Å². The van der Waals surface area contributed by atoms with Crippen molar-refractivity contribution >= 4 is 42.8 Å². The summed E-state index contributed by atoms with van der Waals surface area (Å²) in [6.07, 6.45) is 1.05. The van der Waals surface area contributed by atoms with Crippen LogP contribution in [-0.4, -0.2) is 0 Å². The summed E-state index contributed by atoms with van der Waals surface area (Å²) in [5, 5.41) is 2.73. The predicted molar refractivity (Wildman–Crippen MR) is 86.5 cm³/mol. The molecule has 4 rings (SSSR count). The monoisotopic (exact) mass is 280 g/mol. The molecule has 2 heteroatoms. The number of hydrogen-bond donors (Lipinski definition) is 0. The fraction of sp³-hybridized carbons (Fsp3) is 0.0588. The van der Waals surface area contributed by atoms with Crippen molar-refractivity contribution in [2.75, 3.05) is 0 Å². The Hall–Kier alpha value is -1.64. The first-order chi connectivity index (χ1) is 9.38. The molecule has 0 fully saturated rings. The number of hydrogen-bond acceptors (Lipinski definition) is 2. The maximum Gasteiger partial charge on any atom is 0.0345 e. The van der Waals surface area contributed by atoms with Gasteiger partial charge < -0.3 is 0 Å². The molecule has 2 aromatic carbocycles. The quantitative estimate of drug-likeness (QED) is 0.441. The van der Waals surface area contributed by atoms with E-state index in [0.717, 1.165) is 6.42 Å². The van der Waals surface area contributed by atoms with E-state index in [1.54, 1.807) is 0 Å². The Morgan fingerprint density at radius 2 is 1.11 bits per heavy atom. The lowest BCUT2D eigenvalue weighted by atomic mass is 10.2. The second-order valence-corrected chi connectivity index (χ2v) is 7.01. The third kappa shape index (κ3) is 2.07. The zero-order chi connectivity index (χ0) is 12.7. The molecular weight excluding hydrogens is 268 g/mol. The summed E-state index contributed by atoms with van der Waals surface area (Å²) in [5.41, 5.74) is 0. The second-order valence-electron chi connectivity index (χ2n) is 4.68. The van der Waals surface area contributed by atoms with E-state index >= 15 is 0 Å². The molecule has 4 aromatic rings. The predicted octanol–water partition coefficient (Wildman–Crippen LogP) is 5.71. The van der Waals surface area contributed by atoms with E-state index in [1.165, 1.54) is 29.9 Å². The number of benzene rings is 2. The van der Waals surface area contributed by atoms with E-state index in [9.17, 15) is 0 Å². The molecule has 0 spiro atoms. The fourth-order valence-electron chi connectivity index (χ4n) is 2.42. The van der Waals surface area contributed by atoms with Gasteiger partial charge in [-0.2, -0.15) is 0 Å². The van der Waals surface area contributed by atoms with Crippen LogP contribution in [0.25, 0.3) is 20.2 Å². The van der Waals surface area contributed by atoms with Gasteiger partial charge in [0.2, 0.25) is 0 Å². The molecular formula is C17H12S2. The molecule has 0 aliphatic rings. The van der Waals surface area contributed by atoms with Crippen molar-refractivity contribution in [2.45, 2.75) is 6.42 Å². The van der Waals surface area contributed by atoms with Crippen LogP contribution in [0.3, 0.4) is 0 Å². The van der Waals surface area contributed by atoms with Gasteiger partial charge in [-0.1, -0.05) is 36.4 Å². The summed E-state index contributed by atoms with van der Waals surface area (Å²) in [4.78, 5) is 2.90. The van der Waals surface area contributed by atoms with Crippen molar-refractivity contribution in [1.29, 1.82) is 0 Å². The summed E-state index contributed by atoms with van der Waals surface area (Å²) < 4.78 is 2.78. The maximum atomic E-state index is 2.32. The topological polar surface area (TPSA) is 0 Å². The molecule has 92 valence electrons. The van der Waals surface area contributed by atoms with Gasteiger partial charge in [0.05, 0.1) is 0 Å². The first-order valence-electron chi connectivity index (χ1n) is 6.33. The number of rotatable bonds is 2. The molecule has 0 aliphatic heterocycles. The molecule has 0 aliphatic carbocycles. The zero-order valence-corrected chi connectivity index (χ0v) is 11.9. The SMILES string of the molecule is c1ccc2sc(Cc3cc4ccccc4s3)cc2c1. The second kappa shape index (κ2) is 4.48. The Labute approximate surface area is 119 Å². The minimum absolute atomic E-state index is 1.05. The largest absolute Gasteiger partial charge is 0.140 e. The molecule has 0 saturated carbocycles.